The Morgan fingerprint density at radius 3 is 2.41 bits per heavy atom. The van der Waals surface area contributed by atoms with Crippen LogP contribution in [0.2, 0.25) is 0 Å². The van der Waals surface area contributed by atoms with E-state index in [1.165, 1.54) is 5.56 Å². The van der Waals surface area contributed by atoms with Gasteiger partial charge >= 0.3 is 6.09 Å². The van der Waals surface area contributed by atoms with Crippen LogP contribution >= 0.6 is 0 Å². The van der Waals surface area contributed by atoms with Crippen molar-refractivity contribution in [1.29, 1.82) is 0 Å². The highest BCUT2D eigenvalue weighted by atomic mass is 16.6. The molecule has 0 N–H and O–H groups in total. The summed E-state index contributed by atoms with van der Waals surface area (Å²) >= 11 is 0. The Kier molecular flexibility index (Phi) is 4.94. The second-order valence-electron chi connectivity index (χ2n) is 6.89. The monoisotopic (exact) mass is 306 g/mol. The minimum Gasteiger partial charge on any atom is -0.474 e. The van der Waals surface area contributed by atoms with Gasteiger partial charge in [-0.25, -0.2) is 9.78 Å². The standard InChI is InChI=1S/C17H26N2O3/c1-12-10-15(18-11-13(12)2)21-14-6-8-19(9-7-14)16(20)22-17(3,4)5/h10-11,14H,6-9H2,1-5H3. The SMILES string of the molecule is Cc1cnc(OC2CCN(C(=O)OC(C)(C)C)CC2)cc1C. The predicted molar refractivity (Wildman–Crippen MR) is 85.2 cm³/mol. The molecule has 0 bridgehead atoms. The van der Waals surface area contributed by atoms with Crippen molar-refractivity contribution in [1.82, 2.24) is 9.88 Å². The lowest BCUT2D eigenvalue weighted by Crippen LogP contribution is -2.44. The topological polar surface area (TPSA) is 51.7 Å². The Morgan fingerprint density at radius 2 is 1.86 bits per heavy atom. The number of aromatic nitrogens is 1. The van der Waals surface area contributed by atoms with Gasteiger partial charge in [-0.1, -0.05) is 0 Å². The number of aryl methyl sites for hydroxylation is 2. The average Bonchev–Trinajstić information content (AvgIpc) is 2.42. The van der Waals surface area contributed by atoms with Crippen LogP contribution in [-0.4, -0.2) is 40.8 Å². The van der Waals surface area contributed by atoms with E-state index in [0.29, 0.717) is 19.0 Å². The predicted octanol–water partition coefficient (Wildman–Crippen LogP) is 3.48. The molecular formula is C17H26N2O3. The molecule has 1 aromatic heterocycles. The lowest BCUT2D eigenvalue weighted by atomic mass is 10.1. The van der Waals surface area contributed by atoms with E-state index < -0.39 is 5.60 Å². The summed E-state index contributed by atoms with van der Waals surface area (Å²) in [6.07, 6.45) is 3.30. The first kappa shape index (κ1) is 16.6. The average molecular weight is 306 g/mol. The highest BCUT2D eigenvalue weighted by Crippen LogP contribution is 2.20. The van der Waals surface area contributed by atoms with Crippen molar-refractivity contribution in [3.8, 4) is 5.88 Å². The van der Waals surface area contributed by atoms with Crippen LogP contribution in [0.5, 0.6) is 5.88 Å². The van der Waals surface area contributed by atoms with E-state index in [9.17, 15) is 4.79 Å². The van der Waals surface area contributed by atoms with Crippen LogP contribution in [0.3, 0.4) is 0 Å². The van der Waals surface area contributed by atoms with Crippen molar-refractivity contribution in [3.05, 3.63) is 23.4 Å². The van der Waals surface area contributed by atoms with Gasteiger partial charge in [0.15, 0.2) is 0 Å². The Labute approximate surface area is 132 Å². The van der Waals surface area contributed by atoms with Crippen molar-refractivity contribution < 1.29 is 14.3 Å². The molecule has 2 rings (SSSR count). The maximum atomic E-state index is 12.0. The fourth-order valence-electron chi connectivity index (χ4n) is 2.32. The van der Waals surface area contributed by atoms with Gasteiger partial charge in [0, 0.05) is 38.2 Å². The van der Waals surface area contributed by atoms with Crippen molar-refractivity contribution in [2.24, 2.45) is 0 Å². The van der Waals surface area contributed by atoms with Crippen molar-refractivity contribution >= 4 is 6.09 Å². The summed E-state index contributed by atoms with van der Waals surface area (Å²) in [5.74, 6) is 0.666. The number of piperidine rings is 1. The third kappa shape index (κ3) is 4.61. The Balaban J connectivity index is 1.84. The molecule has 1 aliphatic rings. The zero-order valence-corrected chi connectivity index (χ0v) is 14.2. The molecule has 0 radical (unpaired) electrons. The number of hydrogen-bond donors (Lipinski definition) is 0. The van der Waals surface area contributed by atoms with Crippen LogP contribution in [0.25, 0.3) is 0 Å². The summed E-state index contributed by atoms with van der Waals surface area (Å²) in [5.41, 5.74) is 1.89. The summed E-state index contributed by atoms with van der Waals surface area (Å²) in [5, 5.41) is 0. The molecule has 22 heavy (non-hydrogen) atoms. The van der Waals surface area contributed by atoms with Gasteiger partial charge in [0.1, 0.15) is 11.7 Å². The molecule has 5 nitrogen and oxygen atoms in total. The molecule has 1 saturated heterocycles. The summed E-state index contributed by atoms with van der Waals surface area (Å²) < 4.78 is 11.3. The molecule has 1 fully saturated rings. The summed E-state index contributed by atoms with van der Waals surface area (Å²) in [7, 11) is 0. The van der Waals surface area contributed by atoms with Crippen LogP contribution in [0.4, 0.5) is 4.79 Å². The van der Waals surface area contributed by atoms with Crippen molar-refractivity contribution in [2.45, 2.75) is 59.2 Å². The van der Waals surface area contributed by atoms with Gasteiger partial charge in [0.05, 0.1) is 0 Å². The fraction of sp³-hybridized carbons (Fsp3) is 0.647. The van der Waals surface area contributed by atoms with Gasteiger partial charge in [-0.2, -0.15) is 0 Å². The normalized spacial score (nSPS) is 16.5. The van der Waals surface area contributed by atoms with E-state index in [1.54, 1.807) is 4.90 Å². The molecule has 0 aromatic carbocycles. The van der Waals surface area contributed by atoms with Crippen LogP contribution < -0.4 is 4.74 Å². The second-order valence-corrected chi connectivity index (χ2v) is 6.89. The largest absolute Gasteiger partial charge is 0.474 e. The molecule has 5 heteroatoms. The number of nitrogens with zero attached hydrogens (tertiary/aromatic N) is 2. The van der Waals surface area contributed by atoms with E-state index in [4.69, 9.17) is 9.47 Å². The number of carbonyl (C=O) groups is 1. The zero-order valence-electron chi connectivity index (χ0n) is 14.2. The van der Waals surface area contributed by atoms with Gasteiger partial charge in [0.2, 0.25) is 5.88 Å². The molecule has 122 valence electrons. The number of rotatable bonds is 2. The van der Waals surface area contributed by atoms with E-state index in [1.807, 2.05) is 40.0 Å². The number of likely N-dealkylation sites (tertiary alicyclic amines) is 1. The smallest absolute Gasteiger partial charge is 0.410 e. The van der Waals surface area contributed by atoms with Gasteiger partial charge < -0.3 is 14.4 Å². The van der Waals surface area contributed by atoms with Gasteiger partial charge in [0.25, 0.3) is 0 Å². The molecule has 1 amide bonds. The summed E-state index contributed by atoms with van der Waals surface area (Å²) in [4.78, 5) is 18.1. The van der Waals surface area contributed by atoms with Gasteiger partial charge in [-0.3, -0.25) is 0 Å². The molecular weight excluding hydrogens is 280 g/mol. The highest BCUT2D eigenvalue weighted by molar-refractivity contribution is 5.68. The molecule has 0 unspecified atom stereocenters. The molecule has 0 atom stereocenters. The van der Waals surface area contributed by atoms with E-state index in [0.717, 1.165) is 18.4 Å². The molecule has 1 aromatic rings. The number of ether oxygens (including phenoxy) is 2. The fourth-order valence-corrected chi connectivity index (χ4v) is 2.32. The lowest BCUT2D eigenvalue weighted by Gasteiger charge is -2.33. The number of pyridine rings is 1. The van der Waals surface area contributed by atoms with E-state index in [-0.39, 0.29) is 12.2 Å². The first-order valence-electron chi connectivity index (χ1n) is 7.82. The van der Waals surface area contributed by atoms with Gasteiger partial charge in [-0.05, 0) is 45.7 Å². The van der Waals surface area contributed by atoms with Crippen molar-refractivity contribution in [2.75, 3.05) is 13.1 Å². The maximum absolute atomic E-state index is 12.0. The third-order valence-corrected chi connectivity index (χ3v) is 3.73. The zero-order chi connectivity index (χ0) is 16.3. The number of carbonyl (C=O) groups excluding carboxylic acids is 1. The summed E-state index contributed by atoms with van der Waals surface area (Å²) in [6, 6.07) is 1.97. The molecule has 0 aliphatic carbocycles. The lowest BCUT2D eigenvalue weighted by molar-refractivity contribution is 0.0123. The summed E-state index contributed by atoms with van der Waals surface area (Å²) in [6.45, 7) is 11.0. The van der Waals surface area contributed by atoms with Crippen LogP contribution in [-0.2, 0) is 4.74 Å². The Bertz CT molecular complexity index is 529. The third-order valence-electron chi connectivity index (χ3n) is 3.73. The molecule has 2 heterocycles. The number of amides is 1. The maximum Gasteiger partial charge on any atom is 0.410 e. The molecule has 1 aliphatic heterocycles. The molecule has 0 saturated carbocycles. The Morgan fingerprint density at radius 1 is 1.23 bits per heavy atom. The second kappa shape index (κ2) is 6.55. The number of hydrogen-bond acceptors (Lipinski definition) is 4. The van der Waals surface area contributed by atoms with E-state index >= 15 is 0 Å². The quantitative estimate of drug-likeness (QED) is 0.839. The highest BCUT2D eigenvalue weighted by Gasteiger charge is 2.27. The van der Waals surface area contributed by atoms with E-state index in [2.05, 4.69) is 11.9 Å². The first-order chi connectivity index (χ1) is 10.2. The minimum atomic E-state index is -0.451. The Hall–Kier alpha value is -1.78. The first-order valence-corrected chi connectivity index (χ1v) is 7.82. The van der Waals surface area contributed by atoms with Crippen molar-refractivity contribution in [3.63, 3.8) is 0 Å². The van der Waals surface area contributed by atoms with Crippen LogP contribution in [0.15, 0.2) is 12.3 Å². The van der Waals surface area contributed by atoms with Crippen LogP contribution in [0.1, 0.15) is 44.7 Å². The molecule has 0 spiro atoms. The van der Waals surface area contributed by atoms with Crippen LogP contribution in [0, 0.1) is 13.8 Å². The minimum absolute atomic E-state index is 0.105. The van der Waals surface area contributed by atoms with Gasteiger partial charge in [-0.15, -0.1) is 0 Å².